The summed E-state index contributed by atoms with van der Waals surface area (Å²) in [4.78, 5) is 13.3. The lowest BCUT2D eigenvalue weighted by molar-refractivity contribution is -0.141. The van der Waals surface area contributed by atoms with E-state index in [1.54, 1.807) is 0 Å². The number of nitrogens with zero attached hydrogens (tertiary/aromatic N) is 1. The van der Waals surface area contributed by atoms with Gasteiger partial charge in [0.2, 0.25) is 0 Å². The summed E-state index contributed by atoms with van der Waals surface area (Å²) in [5.74, 6) is -0.302. The molecule has 0 radical (unpaired) electrons. The molecule has 1 aliphatic rings. The van der Waals surface area contributed by atoms with Gasteiger partial charge in [-0.1, -0.05) is 20.3 Å². The van der Waals surface area contributed by atoms with Gasteiger partial charge in [0.15, 0.2) is 0 Å². The topological polar surface area (TPSA) is 40.5 Å². The average Bonchev–Trinajstić information content (AvgIpc) is 2.17. The Bertz CT molecular complexity index is 222. The van der Waals surface area contributed by atoms with Crippen LogP contribution in [0.1, 0.15) is 46.5 Å². The standard InChI is InChI=1S/C12H23NO2/c1-10(2)12(3,9-11(14)15)13-7-5-4-6-8-13/h10H,4-9H2,1-3H3,(H,14,15). The average molecular weight is 213 g/mol. The molecular weight excluding hydrogens is 190 g/mol. The van der Waals surface area contributed by atoms with Gasteiger partial charge in [-0.05, 0) is 38.8 Å². The van der Waals surface area contributed by atoms with Crippen LogP contribution in [0.3, 0.4) is 0 Å². The molecule has 88 valence electrons. The van der Waals surface area contributed by atoms with Crippen LogP contribution in [0.5, 0.6) is 0 Å². The molecule has 0 spiro atoms. The molecule has 15 heavy (non-hydrogen) atoms. The van der Waals surface area contributed by atoms with Crippen LogP contribution in [-0.4, -0.2) is 34.6 Å². The Morgan fingerprint density at radius 1 is 1.33 bits per heavy atom. The number of carboxylic acids is 1. The summed E-state index contributed by atoms with van der Waals surface area (Å²) in [6, 6.07) is 0. The quantitative estimate of drug-likeness (QED) is 0.779. The highest BCUT2D eigenvalue weighted by molar-refractivity contribution is 5.68. The van der Waals surface area contributed by atoms with Gasteiger partial charge < -0.3 is 5.11 Å². The molecule has 1 unspecified atom stereocenters. The number of likely N-dealkylation sites (tertiary alicyclic amines) is 1. The number of hydrogen-bond acceptors (Lipinski definition) is 2. The normalized spacial score (nSPS) is 22.7. The highest BCUT2D eigenvalue weighted by Crippen LogP contribution is 2.31. The van der Waals surface area contributed by atoms with Crippen molar-refractivity contribution >= 4 is 5.97 Å². The van der Waals surface area contributed by atoms with Gasteiger partial charge in [0, 0.05) is 5.54 Å². The number of aliphatic carboxylic acids is 1. The molecule has 1 heterocycles. The molecule has 0 aromatic heterocycles. The zero-order chi connectivity index (χ0) is 11.5. The molecule has 1 saturated heterocycles. The number of carboxylic acid groups (broad SMARTS) is 1. The zero-order valence-corrected chi connectivity index (χ0v) is 10.1. The second kappa shape index (κ2) is 4.97. The molecule has 0 aromatic carbocycles. The molecule has 1 N–H and O–H groups in total. The van der Waals surface area contributed by atoms with Crippen molar-refractivity contribution in [2.24, 2.45) is 5.92 Å². The van der Waals surface area contributed by atoms with Crippen LogP contribution in [0, 0.1) is 5.92 Å². The van der Waals surface area contributed by atoms with Crippen molar-refractivity contribution in [3.63, 3.8) is 0 Å². The first kappa shape index (κ1) is 12.5. The van der Waals surface area contributed by atoms with Crippen molar-refractivity contribution in [1.29, 1.82) is 0 Å². The molecule has 0 bridgehead atoms. The van der Waals surface area contributed by atoms with Gasteiger partial charge in [0.05, 0.1) is 6.42 Å². The van der Waals surface area contributed by atoms with Gasteiger partial charge in [0.25, 0.3) is 0 Å². The van der Waals surface area contributed by atoms with E-state index in [4.69, 9.17) is 5.11 Å². The zero-order valence-electron chi connectivity index (χ0n) is 10.1. The molecule has 0 saturated carbocycles. The van der Waals surface area contributed by atoms with Crippen LogP contribution in [0.2, 0.25) is 0 Å². The first-order chi connectivity index (χ1) is 6.97. The number of hydrogen-bond donors (Lipinski definition) is 1. The summed E-state index contributed by atoms with van der Waals surface area (Å²) < 4.78 is 0. The van der Waals surface area contributed by atoms with E-state index in [-0.39, 0.29) is 12.0 Å². The van der Waals surface area contributed by atoms with Crippen LogP contribution < -0.4 is 0 Å². The Morgan fingerprint density at radius 2 is 1.87 bits per heavy atom. The largest absolute Gasteiger partial charge is 0.481 e. The Morgan fingerprint density at radius 3 is 2.27 bits per heavy atom. The molecule has 1 rings (SSSR count). The molecule has 0 aliphatic carbocycles. The van der Waals surface area contributed by atoms with Gasteiger partial charge in [-0.15, -0.1) is 0 Å². The van der Waals surface area contributed by atoms with Gasteiger partial charge >= 0.3 is 5.97 Å². The maximum absolute atomic E-state index is 10.9. The second-order valence-electron chi connectivity index (χ2n) is 5.13. The van der Waals surface area contributed by atoms with Crippen molar-refractivity contribution in [3.05, 3.63) is 0 Å². The first-order valence-electron chi connectivity index (χ1n) is 5.93. The molecule has 1 atom stereocenters. The Labute approximate surface area is 92.5 Å². The molecule has 1 aliphatic heterocycles. The van der Waals surface area contributed by atoms with E-state index < -0.39 is 5.97 Å². The van der Waals surface area contributed by atoms with E-state index in [9.17, 15) is 4.79 Å². The third-order valence-corrected chi connectivity index (χ3v) is 3.83. The van der Waals surface area contributed by atoms with Crippen LogP contribution in [0.15, 0.2) is 0 Å². The van der Waals surface area contributed by atoms with Crippen LogP contribution in [-0.2, 0) is 4.79 Å². The van der Waals surface area contributed by atoms with Gasteiger partial charge in [0.1, 0.15) is 0 Å². The van der Waals surface area contributed by atoms with Gasteiger partial charge in [-0.3, -0.25) is 9.69 Å². The lowest BCUT2D eigenvalue weighted by atomic mass is 9.82. The molecule has 1 fully saturated rings. The Balaban J connectivity index is 2.74. The summed E-state index contributed by atoms with van der Waals surface area (Å²) in [7, 11) is 0. The highest BCUT2D eigenvalue weighted by Gasteiger charge is 2.37. The maximum atomic E-state index is 10.9. The molecule has 0 amide bonds. The van der Waals surface area contributed by atoms with E-state index in [1.165, 1.54) is 19.3 Å². The van der Waals surface area contributed by atoms with Crippen molar-refractivity contribution in [2.75, 3.05) is 13.1 Å². The lowest BCUT2D eigenvalue weighted by Gasteiger charge is -2.45. The Kier molecular flexibility index (Phi) is 4.14. The van der Waals surface area contributed by atoms with E-state index >= 15 is 0 Å². The fraction of sp³-hybridized carbons (Fsp3) is 0.917. The number of piperidine rings is 1. The second-order valence-corrected chi connectivity index (χ2v) is 5.13. The number of rotatable bonds is 4. The monoisotopic (exact) mass is 213 g/mol. The molecule has 3 heteroatoms. The molecular formula is C12H23NO2. The maximum Gasteiger partial charge on any atom is 0.305 e. The van der Waals surface area contributed by atoms with Crippen molar-refractivity contribution in [3.8, 4) is 0 Å². The first-order valence-corrected chi connectivity index (χ1v) is 5.93. The third kappa shape index (κ3) is 2.94. The summed E-state index contributed by atoms with van der Waals surface area (Å²) in [5.41, 5.74) is -0.174. The van der Waals surface area contributed by atoms with Crippen molar-refractivity contribution in [2.45, 2.75) is 52.0 Å². The predicted molar refractivity (Wildman–Crippen MR) is 60.9 cm³/mol. The summed E-state index contributed by atoms with van der Waals surface area (Å²) >= 11 is 0. The molecule has 3 nitrogen and oxygen atoms in total. The van der Waals surface area contributed by atoms with Crippen LogP contribution in [0.25, 0.3) is 0 Å². The minimum atomic E-state index is -0.684. The fourth-order valence-corrected chi connectivity index (χ4v) is 2.39. The lowest BCUT2D eigenvalue weighted by Crippen LogP contribution is -2.53. The van der Waals surface area contributed by atoms with Crippen molar-refractivity contribution in [1.82, 2.24) is 4.90 Å². The van der Waals surface area contributed by atoms with Gasteiger partial charge in [-0.25, -0.2) is 0 Å². The number of carbonyl (C=O) groups is 1. The predicted octanol–water partition coefficient (Wildman–Crippen LogP) is 2.36. The van der Waals surface area contributed by atoms with Crippen LogP contribution in [0.4, 0.5) is 0 Å². The SMILES string of the molecule is CC(C)C(C)(CC(=O)O)N1CCCCC1. The van der Waals surface area contributed by atoms with Gasteiger partial charge in [-0.2, -0.15) is 0 Å². The van der Waals surface area contributed by atoms with E-state index in [2.05, 4.69) is 25.7 Å². The minimum absolute atomic E-state index is 0.174. The fourth-order valence-electron chi connectivity index (χ4n) is 2.39. The van der Waals surface area contributed by atoms with Crippen LogP contribution >= 0.6 is 0 Å². The van der Waals surface area contributed by atoms with Crippen molar-refractivity contribution < 1.29 is 9.90 Å². The molecule has 0 aromatic rings. The smallest absolute Gasteiger partial charge is 0.305 e. The highest BCUT2D eigenvalue weighted by atomic mass is 16.4. The third-order valence-electron chi connectivity index (χ3n) is 3.83. The van der Waals surface area contributed by atoms with E-state index in [1.807, 2.05) is 0 Å². The minimum Gasteiger partial charge on any atom is -0.481 e. The van der Waals surface area contributed by atoms with E-state index in [0.717, 1.165) is 13.1 Å². The summed E-state index contributed by atoms with van der Waals surface area (Å²) in [6.07, 6.45) is 3.96. The summed E-state index contributed by atoms with van der Waals surface area (Å²) in [6.45, 7) is 8.45. The Hall–Kier alpha value is -0.570. The van der Waals surface area contributed by atoms with E-state index in [0.29, 0.717) is 5.92 Å². The summed E-state index contributed by atoms with van der Waals surface area (Å²) in [5, 5.41) is 9.00.